The smallest absolute Gasteiger partial charge is 0.306 e. The third-order valence-corrected chi connectivity index (χ3v) is 7.04. The first-order valence-corrected chi connectivity index (χ1v) is 12.1. The lowest BCUT2D eigenvalue weighted by Crippen LogP contribution is -2.34. The zero-order chi connectivity index (χ0) is 24.9. The SMILES string of the molecule is O=C(NCCNC(=O)c1ccc(O[C@H]2CC[C@@H](C(=O)O)CC2)cc1F)c1cc2c(F)cccc2s1. The number of carboxylic acids is 1. The Morgan fingerprint density at radius 1 is 0.943 bits per heavy atom. The summed E-state index contributed by atoms with van der Waals surface area (Å²) in [5, 5.41) is 14.6. The number of hydrogen-bond donors (Lipinski definition) is 3. The summed E-state index contributed by atoms with van der Waals surface area (Å²) in [6, 6.07) is 10.1. The molecule has 0 saturated heterocycles. The Morgan fingerprint density at radius 3 is 2.31 bits per heavy atom. The van der Waals surface area contributed by atoms with E-state index in [1.54, 1.807) is 12.1 Å². The molecule has 0 spiro atoms. The second-order valence-electron chi connectivity index (χ2n) is 8.35. The first kappa shape index (κ1) is 24.6. The zero-order valence-electron chi connectivity index (χ0n) is 18.7. The number of halogens is 2. The van der Waals surface area contributed by atoms with Gasteiger partial charge in [0.15, 0.2) is 0 Å². The summed E-state index contributed by atoms with van der Waals surface area (Å²) < 4.78 is 34.7. The van der Waals surface area contributed by atoms with E-state index in [-0.39, 0.29) is 42.3 Å². The van der Waals surface area contributed by atoms with Crippen molar-refractivity contribution in [1.82, 2.24) is 10.6 Å². The van der Waals surface area contributed by atoms with Crippen LogP contribution in [0.25, 0.3) is 10.1 Å². The Balaban J connectivity index is 1.24. The van der Waals surface area contributed by atoms with Crippen LogP contribution in [0, 0.1) is 17.6 Å². The maximum atomic E-state index is 14.5. The number of amides is 2. The van der Waals surface area contributed by atoms with Crippen molar-refractivity contribution in [2.45, 2.75) is 31.8 Å². The number of rotatable bonds is 8. The van der Waals surface area contributed by atoms with Crippen LogP contribution in [-0.2, 0) is 4.79 Å². The molecule has 1 saturated carbocycles. The molecule has 4 rings (SSSR count). The summed E-state index contributed by atoms with van der Waals surface area (Å²) in [5.74, 6) is -3.04. The topological polar surface area (TPSA) is 105 Å². The van der Waals surface area contributed by atoms with E-state index in [9.17, 15) is 23.2 Å². The quantitative estimate of drug-likeness (QED) is 0.397. The molecular weight excluding hydrogens is 478 g/mol. The van der Waals surface area contributed by atoms with Gasteiger partial charge in [-0.1, -0.05) is 6.07 Å². The van der Waals surface area contributed by atoms with E-state index >= 15 is 0 Å². The van der Waals surface area contributed by atoms with E-state index in [0.29, 0.717) is 40.6 Å². The van der Waals surface area contributed by atoms with Gasteiger partial charge in [0.25, 0.3) is 11.8 Å². The lowest BCUT2D eigenvalue weighted by Gasteiger charge is -2.26. The number of benzene rings is 2. The molecule has 0 radical (unpaired) electrons. The van der Waals surface area contributed by atoms with E-state index in [1.807, 2.05) is 0 Å². The second kappa shape index (κ2) is 10.8. The zero-order valence-corrected chi connectivity index (χ0v) is 19.5. The second-order valence-corrected chi connectivity index (χ2v) is 9.43. The monoisotopic (exact) mass is 502 g/mol. The lowest BCUT2D eigenvalue weighted by atomic mass is 9.87. The van der Waals surface area contributed by atoms with Gasteiger partial charge < -0.3 is 20.5 Å². The number of ether oxygens (including phenoxy) is 1. The molecule has 0 unspecified atom stereocenters. The summed E-state index contributed by atoms with van der Waals surface area (Å²) in [6.45, 7) is 0.192. The maximum Gasteiger partial charge on any atom is 0.306 e. The van der Waals surface area contributed by atoms with E-state index in [0.717, 1.165) is 6.07 Å². The Bertz CT molecular complexity index is 1250. The molecule has 3 N–H and O–H groups in total. The largest absolute Gasteiger partial charge is 0.490 e. The van der Waals surface area contributed by atoms with Crippen molar-refractivity contribution in [3.63, 3.8) is 0 Å². The standard InChI is InChI=1S/C25H24F2N2O5S/c26-19-2-1-3-21-18(19)13-22(35-21)24(31)29-11-10-28-23(30)17-9-8-16(12-20(17)27)34-15-6-4-14(5-7-15)25(32)33/h1-3,8-9,12-15H,4-7,10-11H2,(H,28,30)(H,29,31)(H,32,33)/t14-,15+. The van der Waals surface area contributed by atoms with Crippen LogP contribution in [-0.4, -0.2) is 42.1 Å². The number of fused-ring (bicyclic) bond motifs is 1. The molecule has 0 bridgehead atoms. The van der Waals surface area contributed by atoms with Gasteiger partial charge in [-0.05, 0) is 56.0 Å². The maximum absolute atomic E-state index is 14.5. The molecule has 3 aromatic rings. The summed E-state index contributed by atoms with van der Waals surface area (Å²) in [5.41, 5.74) is -0.154. The molecule has 2 aromatic carbocycles. The van der Waals surface area contributed by atoms with Crippen LogP contribution in [0.4, 0.5) is 8.78 Å². The highest BCUT2D eigenvalue weighted by Gasteiger charge is 2.27. The molecular formula is C25H24F2N2O5S. The molecule has 1 aliphatic rings. The highest BCUT2D eigenvalue weighted by atomic mass is 32.1. The van der Waals surface area contributed by atoms with Gasteiger partial charge in [0.05, 0.1) is 22.5 Å². The number of carboxylic acid groups (broad SMARTS) is 1. The van der Waals surface area contributed by atoms with Crippen LogP contribution in [0.3, 0.4) is 0 Å². The number of carbonyl (C=O) groups is 3. The van der Waals surface area contributed by atoms with Crippen molar-refractivity contribution >= 4 is 39.2 Å². The molecule has 1 aromatic heterocycles. The third-order valence-electron chi connectivity index (χ3n) is 5.94. The average molecular weight is 503 g/mol. The number of aliphatic carboxylic acids is 1. The fourth-order valence-corrected chi connectivity index (χ4v) is 5.04. The van der Waals surface area contributed by atoms with Gasteiger partial charge in [-0.2, -0.15) is 0 Å². The number of hydrogen-bond acceptors (Lipinski definition) is 5. The average Bonchev–Trinajstić information content (AvgIpc) is 3.28. The molecule has 2 amide bonds. The van der Waals surface area contributed by atoms with Gasteiger partial charge in [0.1, 0.15) is 17.4 Å². The fraction of sp³-hybridized carbons (Fsp3) is 0.320. The minimum absolute atomic E-state index is 0.0777. The summed E-state index contributed by atoms with van der Waals surface area (Å²) in [6.07, 6.45) is 1.98. The first-order valence-electron chi connectivity index (χ1n) is 11.3. The Hall–Kier alpha value is -3.53. The van der Waals surface area contributed by atoms with Crippen LogP contribution in [0.1, 0.15) is 45.7 Å². The number of thiophene rings is 1. The van der Waals surface area contributed by atoms with Crippen molar-refractivity contribution in [1.29, 1.82) is 0 Å². The summed E-state index contributed by atoms with van der Waals surface area (Å²) in [7, 11) is 0. The molecule has 1 fully saturated rings. The highest BCUT2D eigenvalue weighted by molar-refractivity contribution is 7.20. The van der Waals surface area contributed by atoms with Crippen molar-refractivity contribution in [2.75, 3.05) is 13.1 Å². The van der Waals surface area contributed by atoms with Crippen molar-refractivity contribution in [3.8, 4) is 5.75 Å². The lowest BCUT2D eigenvalue weighted by molar-refractivity contribution is -0.143. The number of nitrogens with one attached hydrogen (secondary N) is 2. The molecule has 0 aliphatic heterocycles. The van der Waals surface area contributed by atoms with Crippen LogP contribution >= 0.6 is 11.3 Å². The molecule has 0 atom stereocenters. The normalized spacial score (nSPS) is 17.7. The molecule has 1 aliphatic carbocycles. The van der Waals surface area contributed by atoms with E-state index < -0.39 is 23.5 Å². The van der Waals surface area contributed by atoms with Gasteiger partial charge in [0, 0.05) is 29.2 Å². The van der Waals surface area contributed by atoms with Crippen molar-refractivity contribution in [3.05, 3.63) is 64.5 Å². The fourth-order valence-electron chi connectivity index (χ4n) is 4.05. The van der Waals surface area contributed by atoms with Gasteiger partial charge in [-0.25, -0.2) is 8.78 Å². The van der Waals surface area contributed by atoms with Crippen LogP contribution in [0.5, 0.6) is 5.75 Å². The minimum Gasteiger partial charge on any atom is -0.490 e. The third kappa shape index (κ3) is 5.94. The minimum atomic E-state index is -0.806. The van der Waals surface area contributed by atoms with Gasteiger partial charge >= 0.3 is 5.97 Å². The first-order chi connectivity index (χ1) is 16.8. The summed E-state index contributed by atoms with van der Waals surface area (Å²) in [4.78, 5) is 36.0. The number of carbonyl (C=O) groups excluding carboxylic acids is 2. The van der Waals surface area contributed by atoms with Gasteiger partial charge in [-0.15, -0.1) is 11.3 Å². The Kier molecular flexibility index (Phi) is 7.60. The van der Waals surface area contributed by atoms with E-state index in [2.05, 4.69) is 10.6 Å². The van der Waals surface area contributed by atoms with Crippen LogP contribution < -0.4 is 15.4 Å². The predicted molar refractivity (Wildman–Crippen MR) is 127 cm³/mol. The van der Waals surface area contributed by atoms with Crippen molar-refractivity contribution in [2.24, 2.45) is 5.92 Å². The molecule has 35 heavy (non-hydrogen) atoms. The predicted octanol–water partition coefficient (Wildman–Crippen LogP) is 4.36. The Morgan fingerprint density at radius 2 is 1.66 bits per heavy atom. The highest BCUT2D eigenvalue weighted by Crippen LogP contribution is 2.29. The molecule has 184 valence electrons. The van der Waals surface area contributed by atoms with Crippen LogP contribution in [0.15, 0.2) is 42.5 Å². The van der Waals surface area contributed by atoms with E-state index in [4.69, 9.17) is 9.84 Å². The van der Waals surface area contributed by atoms with Gasteiger partial charge in [-0.3, -0.25) is 14.4 Å². The van der Waals surface area contributed by atoms with Gasteiger partial charge in [0.2, 0.25) is 0 Å². The van der Waals surface area contributed by atoms with E-state index in [1.165, 1.54) is 35.6 Å². The summed E-state index contributed by atoms with van der Waals surface area (Å²) >= 11 is 1.17. The molecule has 10 heteroatoms. The molecule has 1 heterocycles. The van der Waals surface area contributed by atoms with Crippen LogP contribution in [0.2, 0.25) is 0 Å². The molecule has 7 nitrogen and oxygen atoms in total. The van der Waals surface area contributed by atoms with Crippen molar-refractivity contribution < 1.29 is 33.0 Å². The Labute approximate surface area is 204 Å².